The molecule has 2 aliphatic heterocycles. The Labute approximate surface area is 112 Å². The Balaban J connectivity index is 1.53. The predicted molar refractivity (Wildman–Crippen MR) is 69.6 cm³/mol. The number of halogens is 1. The van der Waals surface area contributed by atoms with E-state index in [1.54, 1.807) is 0 Å². The topological polar surface area (TPSA) is 41.5 Å². The largest absolute Gasteiger partial charge is 0.379 e. The van der Waals surface area contributed by atoms with E-state index >= 15 is 0 Å². The Hall–Kier alpha value is -1.27. The molecule has 104 valence electrons. The third-order valence-electron chi connectivity index (χ3n) is 3.80. The molecule has 0 saturated carbocycles. The second-order valence-electron chi connectivity index (χ2n) is 5.21. The normalized spacial score (nSPS) is 24.9. The van der Waals surface area contributed by atoms with Gasteiger partial charge in [0.2, 0.25) is 5.95 Å². The van der Waals surface area contributed by atoms with E-state index in [1.165, 1.54) is 12.4 Å². The smallest absolute Gasteiger partial charge is 0.225 e. The minimum absolute atomic E-state index is 0.382. The molecule has 5 nitrogen and oxygen atoms in total. The van der Waals surface area contributed by atoms with Crippen LogP contribution in [0, 0.1) is 11.7 Å². The van der Waals surface area contributed by atoms with Gasteiger partial charge in [-0.15, -0.1) is 0 Å². The number of morpholine rings is 1. The Morgan fingerprint density at radius 1 is 1.21 bits per heavy atom. The van der Waals surface area contributed by atoms with Crippen LogP contribution >= 0.6 is 0 Å². The van der Waals surface area contributed by atoms with Crippen molar-refractivity contribution in [1.82, 2.24) is 14.9 Å². The van der Waals surface area contributed by atoms with Crippen molar-refractivity contribution in [2.75, 3.05) is 50.8 Å². The van der Waals surface area contributed by atoms with Gasteiger partial charge in [0, 0.05) is 32.7 Å². The van der Waals surface area contributed by atoms with Gasteiger partial charge in [-0.3, -0.25) is 4.90 Å². The Kier molecular flexibility index (Phi) is 3.89. The van der Waals surface area contributed by atoms with Crippen LogP contribution in [0.2, 0.25) is 0 Å². The molecule has 3 heterocycles. The minimum Gasteiger partial charge on any atom is -0.379 e. The number of hydrogen-bond donors (Lipinski definition) is 0. The van der Waals surface area contributed by atoms with Gasteiger partial charge in [-0.05, 0) is 12.3 Å². The third-order valence-corrected chi connectivity index (χ3v) is 3.80. The van der Waals surface area contributed by atoms with Gasteiger partial charge in [-0.1, -0.05) is 0 Å². The highest BCUT2D eigenvalue weighted by Gasteiger charge is 2.26. The summed E-state index contributed by atoms with van der Waals surface area (Å²) in [5.74, 6) is 0.908. The highest BCUT2D eigenvalue weighted by molar-refractivity contribution is 5.30. The van der Waals surface area contributed by atoms with Crippen LogP contribution in [0.1, 0.15) is 6.42 Å². The van der Waals surface area contributed by atoms with E-state index in [1.807, 2.05) is 0 Å². The summed E-state index contributed by atoms with van der Waals surface area (Å²) in [5, 5.41) is 0. The predicted octanol–water partition coefficient (Wildman–Crippen LogP) is 0.774. The van der Waals surface area contributed by atoms with E-state index in [0.29, 0.717) is 11.9 Å². The van der Waals surface area contributed by atoms with Crippen LogP contribution in [0.25, 0.3) is 0 Å². The first-order valence-corrected chi connectivity index (χ1v) is 6.84. The molecular formula is C13H19FN4O. The molecule has 0 aliphatic carbocycles. The number of aromatic nitrogens is 2. The molecule has 1 unspecified atom stereocenters. The maximum atomic E-state index is 12.8. The molecule has 2 aliphatic rings. The Bertz CT molecular complexity index is 408. The first-order valence-electron chi connectivity index (χ1n) is 6.84. The van der Waals surface area contributed by atoms with E-state index < -0.39 is 0 Å². The molecule has 2 saturated heterocycles. The summed E-state index contributed by atoms with van der Waals surface area (Å²) in [6.07, 6.45) is 3.62. The average Bonchev–Trinajstić information content (AvgIpc) is 2.89. The van der Waals surface area contributed by atoms with E-state index in [-0.39, 0.29) is 5.82 Å². The fraction of sp³-hybridized carbons (Fsp3) is 0.692. The van der Waals surface area contributed by atoms with Gasteiger partial charge in [0.25, 0.3) is 0 Å². The standard InChI is InChI=1S/C13H19FN4O/c14-12-7-15-13(16-8-12)18-2-1-11(10-18)9-17-3-5-19-6-4-17/h7-8,11H,1-6,9-10H2. The molecule has 2 fully saturated rings. The van der Waals surface area contributed by atoms with Crippen molar-refractivity contribution in [2.45, 2.75) is 6.42 Å². The number of hydrogen-bond acceptors (Lipinski definition) is 5. The van der Waals surface area contributed by atoms with Crippen molar-refractivity contribution < 1.29 is 9.13 Å². The van der Waals surface area contributed by atoms with Gasteiger partial charge in [-0.2, -0.15) is 0 Å². The van der Waals surface area contributed by atoms with Crippen molar-refractivity contribution in [3.63, 3.8) is 0 Å². The Morgan fingerprint density at radius 3 is 2.68 bits per heavy atom. The maximum Gasteiger partial charge on any atom is 0.225 e. The van der Waals surface area contributed by atoms with Gasteiger partial charge < -0.3 is 9.64 Å². The molecule has 0 aromatic carbocycles. The summed E-state index contributed by atoms with van der Waals surface area (Å²) in [6.45, 7) is 6.78. The molecule has 3 rings (SSSR count). The summed E-state index contributed by atoms with van der Waals surface area (Å²) in [6, 6.07) is 0. The molecule has 0 bridgehead atoms. The van der Waals surface area contributed by atoms with Crippen molar-refractivity contribution >= 4 is 5.95 Å². The molecule has 0 amide bonds. The molecule has 1 aromatic heterocycles. The molecule has 0 radical (unpaired) electrons. The zero-order valence-electron chi connectivity index (χ0n) is 11.0. The average molecular weight is 266 g/mol. The van der Waals surface area contributed by atoms with Crippen molar-refractivity contribution in [2.24, 2.45) is 5.92 Å². The quantitative estimate of drug-likeness (QED) is 0.808. The molecule has 1 aromatic rings. The van der Waals surface area contributed by atoms with E-state index in [2.05, 4.69) is 19.8 Å². The van der Waals surface area contributed by atoms with Crippen LogP contribution < -0.4 is 4.90 Å². The lowest BCUT2D eigenvalue weighted by molar-refractivity contribution is 0.0320. The van der Waals surface area contributed by atoms with Crippen molar-refractivity contribution in [3.05, 3.63) is 18.2 Å². The molecule has 0 N–H and O–H groups in total. The number of rotatable bonds is 3. The van der Waals surface area contributed by atoms with Crippen LogP contribution in [-0.4, -0.2) is 60.8 Å². The number of anilines is 1. The lowest BCUT2D eigenvalue weighted by atomic mass is 10.1. The monoisotopic (exact) mass is 266 g/mol. The van der Waals surface area contributed by atoms with Gasteiger partial charge in [0.1, 0.15) is 0 Å². The van der Waals surface area contributed by atoms with Gasteiger partial charge in [0.05, 0.1) is 25.6 Å². The SMILES string of the molecule is Fc1cnc(N2CCC(CN3CCOCC3)C2)nc1. The number of ether oxygens (including phenoxy) is 1. The summed E-state index contributed by atoms with van der Waals surface area (Å²) >= 11 is 0. The summed E-state index contributed by atoms with van der Waals surface area (Å²) in [5.41, 5.74) is 0. The highest BCUT2D eigenvalue weighted by atomic mass is 19.1. The zero-order valence-corrected chi connectivity index (χ0v) is 11.0. The van der Waals surface area contributed by atoms with E-state index in [0.717, 1.165) is 52.4 Å². The molecular weight excluding hydrogens is 247 g/mol. The first-order chi connectivity index (χ1) is 9.31. The highest BCUT2D eigenvalue weighted by Crippen LogP contribution is 2.21. The summed E-state index contributed by atoms with van der Waals surface area (Å²) < 4.78 is 18.2. The van der Waals surface area contributed by atoms with Crippen LogP contribution in [-0.2, 0) is 4.74 Å². The summed E-state index contributed by atoms with van der Waals surface area (Å²) in [7, 11) is 0. The lowest BCUT2D eigenvalue weighted by Gasteiger charge is -2.29. The third kappa shape index (κ3) is 3.19. The minimum atomic E-state index is -0.382. The van der Waals surface area contributed by atoms with Crippen LogP contribution in [0.5, 0.6) is 0 Å². The second kappa shape index (κ2) is 5.79. The van der Waals surface area contributed by atoms with Crippen molar-refractivity contribution in [3.8, 4) is 0 Å². The van der Waals surface area contributed by atoms with Gasteiger partial charge in [-0.25, -0.2) is 14.4 Å². The lowest BCUT2D eigenvalue weighted by Crippen LogP contribution is -2.40. The summed E-state index contributed by atoms with van der Waals surface area (Å²) in [4.78, 5) is 12.7. The van der Waals surface area contributed by atoms with Crippen LogP contribution in [0.3, 0.4) is 0 Å². The first kappa shape index (κ1) is 12.7. The molecule has 19 heavy (non-hydrogen) atoms. The fourth-order valence-electron chi connectivity index (χ4n) is 2.78. The zero-order chi connectivity index (χ0) is 13.1. The molecule has 6 heteroatoms. The van der Waals surface area contributed by atoms with Crippen molar-refractivity contribution in [1.29, 1.82) is 0 Å². The molecule has 1 atom stereocenters. The van der Waals surface area contributed by atoms with Crippen LogP contribution in [0.15, 0.2) is 12.4 Å². The molecule has 0 spiro atoms. The van der Waals surface area contributed by atoms with E-state index in [4.69, 9.17) is 4.74 Å². The second-order valence-corrected chi connectivity index (χ2v) is 5.21. The maximum absolute atomic E-state index is 12.8. The van der Waals surface area contributed by atoms with Gasteiger partial charge in [0.15, 0.2) is 5.82 Å². The van der Waals surface area contributed by atoms with E-state index in [9.17, 15) is 4.39 Å². The van der Waals surface area contributed by atoms with Crippen LogP contribution in [0.4, 0.5) is 10.3 Å². The number of nitrogens with zero attached hydrogens (tertiary/aromatic N) is 4. The Morgan fingerprint density at radius 2 is 1.95 bits per heavy atom. The van der Waals surface area contributed by atoms with Gasteiger partial charge >= 0.3 is 0 Å². The fourth-order valence-corrected chi connectivity index (χ4v) is 2.78.